The number of aliphatic hydroxyl groups excluding tert-OH is 1. The Balaban J connectivity index is 1.59. The van der Waals surface area contributed by atoms with Crippen molar-refractivity contribution in [3.8, 4) is 11.8 Å². The van der Waals surface area contributed by atoms with Crippen LogP contribution < -0.4 is 15.4 Å². The number of amides is 2. The number of hydrogen-bond donors (Lipinski definition) is 2. The molecule has 1 aliphatic carbocycles. The van der Waals surface area contributed by atoms with Gasteiger partial charge in [0.25, 0.3) is 0 Å². The Morgan fingerprint density at radius 3 is 2.70 bits per heavy atom. The summed E-state index contributed by atoms with van der Waals surface area (Å²) in [6, 6.07) is 6.08. The second-order valence-electron chi connectivity index (χ2n) is 9.74. The third-order valence-corrected chi connectivity index (χ3v) is 7.64. The van der Waals surface area contributed by atoms with Crippen molar-refractivity contribution in [2.45, 2.75) is 76.9 Å². The maximum absolute atomic E-state index is 13.6. The van der Waals surface area contributed by atoms with Crippen molar-refractivity contribution in [3.63, 3.8) is 0 Å². The normalized spacial score (nSPS) is 27.6. The molecule has 1 saturated carbocycles. The highest BCUT2D eigenvalue weighted by Crippen LogP contribution is 2.44. The number of ether oxygens (including phenoxy) is 1. The maximum atomic E-state index is 13.6. The van der Waals surface area contributed by atoms with E-state index in [9.17, 15) is 20.0 Å². The molecule has 0 unspecified atom stereocenters. The van der Waals surface area contributed by atoms with E-state index >= 15 is 0 Å². The zero-order valence-electron chi connectivity index (χ0n) is 19.4. The van der Waals surface area contributed by atoms with E-state index in [2.05, 4.69) is 15.9 Å². The van der Waals surface area contributed by atoms with E-state index in [0.29, 0.717) is 29.8 Å². The van der Waals surface area contributed by atoms with Crippen molar-refractivity contribution in [2.24, 2.45) is 11.1 Å². The van der Waals surface area contributed by atoms with Gasteiger partial charge in [-0.1, -0.05) is 13.3 Å². The first-order valence-electron chi connectivity index (χ1n) is 12.2. The topological polar surface area (TPSA) is 120 Å². The highest BCUT2D eigenvalue weighted by atomic mass is 16.5. The molecule has 4 rings (SSSR count). The number of likely N-dealkylation sites (tertiary alicyclic amines) is 1. The zero-order valence-corrected chi connectivity index (χ0v) is 19.4. The number of nitriles is 1. The average molecular weight is 455 g/mol. The molecule has 0 bridgehead atoms. The van der Waals surface area contributed by atoms with Gasteiger partial charge < -0.3 is 25.4 Å². The maximum Gasteiger partial charge on any atom is 0.409 e. The molecule has 0 radical (unpaired) electrons. The summed E-state index contributed by atoms with van der Waals surface area (Å²) in [5.74, 6) is 0.563. The van der Waals surface area contributed by atoms with E-state index in [0.717, 1.165) is 70.1 Å². The first kappa shape index (κ1) is 23.4. The van der Waals surface area contributed by atoms with E-state index in [-0.39, 0.29) is 18.1 Å². The predicted octanol–water partition coefficient (Wildman–Crippen LogP) is 3.09. The summed E-state index contributed by atoms with van der Waals surface area (Å²) in [5.41, 5.74) is 6.79. The number of carbonyl (C=O) groups is 2. The standard InChI is InChI=1S/C25H34N4O4/c1-2-4-19-20(15-26)21(9-10-22(19)33-24(27)32)28-13-3-11-25(16-28)12-14-29(23(25)31)17-5-7-18(30)8-6-17/h9-10,17-18,30H,2-8,11-14,16H2,1H3,(H2,27,32)/t17?,18?,25-/m1/s1. The van der Waals surface area contributed by atoms with Crippen molar-refractivity contribution < 1.29 is 19.4 Å². The second kappa shape index (κ2) is 9.60. The van der Waals surface area contributed by atoms with E-state index in [1.165, 1.54) is 0 Å². The van der Waals surface area contributed by atoms with Crippen LogP contribution in [0.3, 0.4) is 0 Å². The fraction of sp³-hybridized carbons (Fsp3) is 0.640. The Hall–Kier alpha value is -2.79. The molecule has 8 heteroatoms. The molecule has 0 aromatic heterocycles. The monoisotopic (exact) mass is 454 g/mol. The Bertz CT molecular complexity index is 950. The van der Waals surface area contributed by atoms with Gasteiger partial charge in [-0.3, -0.25) is 4.79 Å². The van der Waals surface area contributed by atoms with Crippen molar-refractivity contribution in [1.82, 2.24) is 4.90 Å². The number of primary amides is 1. The Morgan fingerprint density at radius 1 is 1.27 bits per heavy atom. The number of carbonyl (C=O) groups excluding carboxylic acids is 2. The first-order valence-corrected chi connectivity index (χ1v) is 12.2. The summed E-state index contributed by atoms with van der Waals surface area (Å²) in [5, 5.41) is 19.9. The molecule has 2 heterocycles. The molecule has 1 spiro atoms. The lowest BCUT2D eigenvalue weighted by Gasteiger charge is -2.42. The van der Waals surface area contributed by atoms with E-state index in [1.807, 2.05) is 13.0 Å². The fourth-order valence-electron chi connectivity index (χ4n) is 5.99. The molecule has 1 aromatic carbocycles. The fourth-order valence-corrected chi connectivity index (χ4v) is 5.99. The van der Waals surface area contributed by atoms with Crippen molar-refractivity contribution in [2.75, 3.05) is 24.5 Å². The molecular formula is C25H34N4O4. The van der Waals surface area contributed by atoms with Gasteiger partial charge in [0.2, 0.25) is 5.91 Å². The van der Waals surface area contributed by atoms with Crippen LogP contribution in [0.5, 0.6) is 5.75 Å². The van der Waals surface area contributed by atoms with Crippen LogP contribution in [0.15, 0.2) is 12.1 Å². The smallest absolute Gasteiger partial charge is 0.409 e. The van der Waals surface area contributed by atoms with Gasteiger partial charge >= 0.3 is 6.09 Å². The van der Waals surface area contributed by atoms with Gasteiger partial charge in [-0.15, -0.1) is 0 Å². The number of aliphatic hydroxyl groups is 1. The number of anilines is 1. The molecule has 178 valence electrons. The Morgan fingerprint density at radius 2 is 2.03 bits per heavy atom. The Labute approximate surface area is 195 Å². The van der Waals surface area contributed by atoms with Crippen LogP contribution in [0.25, 0.3) is 0 Å². The highest BCUT2D eigenvalue weighted by Gasteiger charge is 2.50. The quantitative estimate of drug-likeness (QED) is 0.705. The lowest BCUT2D eigenvalue weighted by atomic mass is 9.78. The highest BCUT2D eigenvalue weighted by molar-refractivity contribution is 5.86. The van der Waals surface area contributed by atoms with Gasteiger partial charge in [0.05, 0.1) is 22.8 Å². The van der Waals surface area contributed by atoms with Crippen LogP contribution in [-0.2, 0) is 11.2 Å². The molecule has 1 atom stereocenters. The minimum Gasteiger partial charge on any atom is -0.410 e. The summed E-state index contributed by atoms with van der Waals surface area (Å²) >= 11 is 0. The largest absolute Gasteiger partial charge is 0.410 e. The van der Waals surface area contributed by atoms with Crippen LogP contribution in [0.2, 0.25) is 0 Å². The van der Waals surface area contributed by atoms with E-state index in [4.69, 9.17) is 10.5 Å². The lowest BCUT2D eigenvalue weighted by Crippen LogP contribution is -2.50. The predicted molar refractivity (Wildman–Crippen MR) is 124 cm³/mol. The zero-order chi connectivity index (χ0) is 23.6. The summed E-state index contributed by atoms with van der Waals surface area (Å²) in [6.45, 7) is 4.15. The first-order chi connectivity index (χ1) is 15.9. The molecule has 2 amide bonds. The van der Waals surface area contributed by atoms with Gasteiger partial charge in [0.1, 0.15) is 11.8 Å². The summed E-state index contributed by atoms with van der Waals surface area (Å²) < 4.78 is 5.17. The van der Waals surface area contributed by atoms with Crippen LogP contribution in [0, 0.1) is 16.7 Å². The molecule has 3 aliphatic rings. The number of piperidine rings is 1. The molecule has 3 fully saturated rings. The van der Waals surface area contributed by atoms with Crippen LogP contribution in [0.4, 0.5) is 10.5 Å². The molecule has 33 heavy (non-hydrogen) atoms. The van der Waals surface area contributed by atoms with Gasteiger partial charge in [-0.25, -0.2) is 4.79 Å². The SMILES string of the molecule is CCCc1c(OC(N)=O)ccc(N2CCC[C@@]3(CCN(C4CCC(O)CC4)C3=O)C2)c1C#N. The van der Waals surface area contributed by atoms with E-state index in [1.54, 1.807) is 6.07 Å². The number of rotatable bonds is 5. The van der Waals surface area contributed by atoms with Crippen LogP contribution >= 0.6 is 0 Å². The average Bonchev–Trinajstić information content (AvgIpc) is 3.10. The van der Waals surface area contributed by atoms with Gasteiger partial charge in [-0.05, 0) is 63.5 Å². The molecule has 8 nitrogen and oxygen atoms in total. The van der Waals surface area contributed by atoms with Gasteiger partial charge in [-0.2, -0.15) is 5.26 Å². The molecule has 2 saturated heterocycles. The Kier molecular flexibility index (Phi) is 6.80. The van der Waals surface area contributed by atoms with Crippen molar-refractivity contribution >= 4 is 17.7 Å². The molecule has 3 N–H and O–H groups in total. The van der Waals surface area contributed by atoms with Crippen molar-refractivity contribution in [3.05, 3.63) is 23.3 Å². The third kappa shape index (κ3) is 4.51. The lowest BCUT2D eigenvalue weighted by molar-refractivity contribution is -0.139. The van der Waals surface area contributed by atoms with Gasteiger partial charge in [0, 0.05) is 31.2 Å². The molecule has 1 aromatic rings. The van der Waals surface area contributed by atoms with Crippen molar-refractivity contribution in [1.29, 1.82) is 5.26 Å². The minimum absolute atomic E-state index is 0.228. The third-order valence-electron chi connectivity index (χ3n) is 7.64. The minimum atomic E-state index is -0.896. The molecular weight excluding hydrogens is 420 g/mol. The van der Waals surface area contributed by atoms with E-state index < -0.39 is 11.5 Å². The van der Waals surface area contributed by atoms with Gasteiger partial charge in [0.15, 0.2) is 0 Å². The summed E-state index contributed by atoms with van der Waals surface area (Å²) in [6.07, 6.45) is 6.09. The van der Waals surface area contributed by atoms with Crippen LogP contribution in [-0.4, -0.2) is 53.8 Å². The van der Waals surface area contributed by atoms with Crippen LogP contribution in [0.1, 0.15) is 69.4 Å². The summed E-state index contributed by atoms with van der Waals surface area (Å²) in [4.78, 5) is 29.2. The number of nitrogens with two attached hydrogens (primary N) is 1. The molecule has 2 aliphatic heterocycles. The number of benzene rings is 1. The summed E-state index contributed by atoms with van der Waals surface area (Å²) in [7, 11) is 0. The second-order valence-corrected chi connectivity index (χ2v) is 9.74. The number of nitrogens with zero attached hydrogens (tertiary/aromatic N) is 3. The number of hydrogen-bond acceptors (Lipinski definition) is 6.